The summed E-state index contributed by atoms with van der Waals surface area (Å²) in [6.45, 7) is 1.66. The molecule has 2 heterocycles. The molecule has 0 bridgehead atoms. The molecule has 146 valence electrons. The highest BCUT2D eigenvalue weighted by Gasteiger charge is 2.27. The van der Waals surface area contributed by atoms with Crippen LogP contribution in [-0.2, 0) is 6.54 Å². The van der Waals surface area contributed by atoms with Crippen LogP contribution in [0, 0.1) is 11.6 Å². The summed E-state index contributed by atoms with van der Waals surface area (Å²) in [7, 11) is 5.62. The molecule has 2 N–H and O–H groups in total. The normalized spacial score (nSPS) is 17.3. The number of aliphatic imine (C=N–C) groups is 1. The predicted molar refractivity (Wildman–Crippen MR) is 107 cm³/mol. The summed E-state index contributed by atoms with van der Waals surface area (Å²) in [5.41, 5.74) is 0.983. The molecule has 2 aromatic rings. The van der Waals surface area contributed by atoms with Gasteiger partial charge in [0.1, 0.15) is 17.3 Å². The van der Waals surface area contributed by atoms with Crippen LogP contribution in [0.5, 0.6) is 0 Å². The van der Waals surface area contributed by atoms with Crippen molar-refractivity contribution in [3.63, 3.8) is 0 Å². The van der Waals surface area contributed by atoms with E-state index in [1.54, 1.807) is 23.3 Å². The minimum absolute atomic E-state index is 0.0448. The van der Waals surface area contributed by atoms with Crippen molar-refractivity contribution in [2.75, 3.05) is 44.0 Å². The third-order valence-electron chi connectivity index (χ3n) is 4.37. The molecule has 9 heteroatoms. The van der Waals surface area contributed by atoms with E-state index in [9.17, 15) is 8.78 Å². The number of rotatable bonds is 5. The fourth-order valence-electron chi connectivity index (χ4n) is 3.02. The number of hydrogen-bond donors (Lipinski definition) is 2. The van der Waals surface area contributed by atoms with E-state index < -0.39 is 11.6 Å². The molecule has 0 saturated carbocycles. The number of guanidine groups is 1. The fraction of sp³-hybridized carbons (Fsp3) is 0.444. The number of nitrogens with zero attached hydrogens (tertiary/aromatic N) is 4. The predicted octanol–water partition coefficient (Wildman–Crippen LogP) is 2.43. The van der Waals surface area contributed by atoms with E-state index in [4.69, 9.17) is 0 Å². The summed E-state index contributed by atoms with van der Waals surface area (Å²) in [6.07, 6.45) is 0.774. The monoisotopic (exact) mass is 394 g/mol. The average molecular weight is 394 g/mol. The number of benzene rings is 1. The first-order chi connectivity index (χ1) is 13.0. The van der Waals surface area contributed by atoms with Crippen molar-refractivity contribution in [3.05, 3.63) is 40.9 Å². The van der Waals surface area contributed by atoms with Crippen LogP contribution >= 0.6 is 11.3 Å². The van der Waals surface area contributed by atoms with E-state index in [0.29, 0.717) is 25.6 Å². The Hall–Kier alpha value is -2.42. The van der Waals surface area contributed by atoms with Gasteiger partial charge in [0.05, 0.1) is 12.2 Å². The maximum Gasteiger partial charge on any atom is 0.191 e. The standard InChI is InChI=1S/C18H24F2N6S/c1-21-17(22-9-13-11-27-18(24-13)25(2)3)23-12-7-8-26(10-12)16-14(19)5-4-6-15(16)20/h4-6,11-12H,7-10H2,1-3H3,(H2,21,22,23). The third kappa shape index (κ3) is 4.65. The van der Waals surface area contributed by atoms with Crippen LogP contribution in [0.3, 0.4) is 0 Å². The van der Waals surface area contributed by atoms with E-state index in [1.165, 1.54) is 18.2 Å². The van der Waals surface area contributed by atoms with Crippen molar-refractivity contribution in [3.8, 4) is 0 Å². The quantitative estimate of drug-likeness (QED) is 0.603. The molecule has 0 radical (unpaired) electrons. The van der Waals surface area contributed by atoms with Crippen LogP contribution in [0.15, 0.2) is 28.6 Å². The summed E-state index contributed by atoms with van der Waals surface area (Å²) in [4.78, 5) is 12.5. The highest BCUT2D eigenvalue weighted by molar-refractivity contribution is 7.13. The Labute approximate surface area is 161 Å². The first-order valence-corrected chi connectivity index (χ1v) is 9.63. The van der Waals surface area contributed by atoms with Gasteiger partial charge in [-0.25, -0.2) is 13.8 Å². The van der Waals surface area contributed by atoms with E-state index in [-0.39, 0.29) is 11.7 Å². The lowest BCUT2D eigenvalue weighted by Crippen LogP contribution is -2.44. The maximum atomic E-state index is 14.0. The molecule has 1 atom stereocenters. The number of nitrogens with one attached hydrogen (secondary N) is 2. The number of para-hydroxylation sites is 1. The van der Waals surface area contributed by atoms with E-state index in [0.717, 1.165) is 17.2 Å². The first-order valence-electron chi connectivity index (χ1n) is 8.75. The third-order valence-corrected chi connectivity index (χ3v) is 5.42. The first kappa shape index (κ1) is 19.3. The molecule has 1 aliphatic rings. The van der Waals surface area contributed by atoms with Gasteiger partial charge >= 0.3 is 0 Å². The lowest BCUT2D eigenvalue weighted by molar-refractivity contribution is 0.576. The number of aromatic nitrogens is 1. The molecule has 6 nitrogen and oxygen atoms in total. The number of anilines is 2. The highest BCUT2D eigenvalue weighted by atomic mass is 32.1. The van der Waals surface area contributed by atoms with Gasteiger partial charge in [0.25, 0.3) is 0 Å². The molecule has 1 fully saturated rings. The number of thiazole rings is 1. The average Bonchev–Trinajstić information content (AvgIpc) is 3.28. The van der Waals surface area contributed by atoms with E-state index >= 15 is 0 Å². The lowest BCUT2D eigenvalue weighted by Gasteiger charge is -2.21. The second-order valence-electron chi connectivity index (χ2n) is 6.59. The van der Waals surface area contributed by atoms with Crippen molar-refractivity contribution in [1.29, 1.82) is 0 Å². The molecule has 1 saturated heterocycles. The van der Waals surface area contributed by atoms with Crippen LogP contribution in [0.1, 0.15) is 12.1 Å². The van der Waals surface area contributed by atoms with Gasteiger partial charge in [-0.2, -0.15) is 0 Å². The Bertz CT molecular complexity index is 787. The summed E-state index contributed by atoms with van der Waals surface area (Å²) < 4.78 is 28.0. The highest BCUT2D eigenvalue weighted by Crippen LogP contribution is 2.26. The zero-order valence-electron chi connectivity index (χ0n) is 15.7. The minimum atomic E-state index is -0.529. The Kier molecular flexibility index (Phi) is 6.10. The summed E-state index contributed by atoms with van der Waals surface area (Å²) in [5, 5.41) is 9.52. The molecule has 1 aliphatic heterocycles. The molecule has 0 aliphatic carbocycles. The zero-order valence-corrected chi connectivity index (χ0v) is 16.5. The van der Waals surface area contributed by atoms with Gasteiger partial charge in [0.15, 0.2) is 11.1 Å². The van der Waals surface area contributed by atoms with Crippen molar-refractivity contribution in [1.82, 2.24) is 15.6 Å². The molecule has 1 unspecified atom stereocenters. The summed E-state index contributed by atoms with van der Waals surface area (Å²) in [5.74, 6) is -0.410. The maximum absolute atomic E-state index is 14.0. The topological polar surface area (TPSA) is 55.8 Å². The smallest absolute Gasteiger partial charge is 0.191 e. The molecular formula is C18H24F2N6S. The Morgan fingerprint density at radius 1 is 1.37 bits per heavy atom. The van der Waals surface area contributed by atoms with Gasteiger partial charge < -0.3 is 20.4 Å². The SMILES string of the molecule is CN=C(NCc1csc(N(C)C)n1)NC1CCN(c2c(F)cccc2F)C1. The second kappa shape index (κ2) is 8.51. The van der Waals surface area contributed by atoms with Crippen molar-refractivity contribution in [2.45, 2.75) is 19.0 Å². The zero-order chi connectivity index (χ0) is 19.4. The molecule has 3 rings (SSSR count). The van der Waals surface area contributed by atoms with Crippen LogP contribution in [0.4, 0.5) is 19.6 Å². The van der Waals surface area contributed by atoms with Gasteiger partial charge in [-0.1, -0.05) is 6.07 Å². The van der Waals surface area contributed by atoms with Crippen LogP contribution in [0.25, 0.3) is 0 Å². The van der Waals surface area contributed by atoms with Crippen molar-refractivity contribution >= 4 is 28.1 Å². The molecule has 1 aromatic heterocycles. The summed E-state index contributed by atoms with van der Waals surface area (Å²) in [6, 6.07) is 4.01. The van der Waals surface area contributed by atoms with E-state index in [1.807, 2.05) is 24.4 Å². The van der Waals surface area contributed by atoms with Gasteiger partial charge in [0.2, 0.25) is 0 Å². The van der Waals surface area contributed by atoms with Gasteiger partial charge in [-0.3, -0.25) is 4.99 Å². The molecule has 0 amide bonds. The molecule has 0 spiro atoms. The Morgan fingerprint density at radius 3 is 2.74 bits per heavy atom. The van der Waals surface area contributed by atoms with Crippen molar-refractivity contribution < 1.29 is 8.78 Å². The lowest BCUT2D eigenvalue weighted by atomic mass is 10.2. The van der Waals surface area contributed by atoms with Crippen molar-refractivity contribution in [2.24, 2.45) is 4.99 Å². The molecular weight excluding hydrogens is 370 g/mol. The fourth-order valence-corrected chi connectivity index (χ4v) is 3.78. The van der Waals surface area contributed by atoms with Crippen LogP contribution < -0.4 is 20.4 Å². The Balaban J connectivity index is 1.54. The Morgan fingerprint density at radius 2 is 2.11 bits per heavy atom. The second-order valence-corrected chi connectivity index (χ2v) is 7.42. The van der Waals surface area contributed by atoms with Crippen LogP contribution in [0.2, 0.25) is 0 Å². The number of hydrogen-bond acceptors (Lipinski definition) is 5. The molecule has 1 aromatic carbocycles. The van der Waals surface area contributed by atoms with Crippen LogP contribution in [-0.4, -0.2) is 51.2 Å². The minimum Gasteiger partial charge on any atom is -0.365 e. The number of halogens is 2. The van der Waals surface area contributed by atoms with E-state index in [2.05, 4.69) is 20.6 Å². The molecule has 27 heavy (non-hydrogen) atoms. The van der Waals surface area contributed by atoms with Gasteiger partial charge in [-0.05, 0) is 18.6 Å². The van der Waals surface area contributed by atoms with Gasteiger partial charge in [-0.15, -0.1) is 11.3 Å². The summed E-state index contributed by atoms with van der Waals surface area (Å²) >= 11 is 1.59. The largest absolute Gasteiger partial charge is 0.365 e. The van der Waals surface area contributed by atoms with Gasteiger partial charge in [0, 0.05) is 45.7 Å².